The fourth-order valence-electron chi connectivity index (χ4n) is 2.25. The summed E-state index contributed by atoms with van der Waals surface area (Å²) in [5.74, 6) is 0.472. The van der Waals surface area contributed by atoms with Gasteiger partial charge in [-0.3, -0.25) is 0 Å². The third-order valence-corrected chi connectivity index (χ3v) is 3.27. The Balaban J connectivity index is 1.82. The smallest absolute Gasteiger partial charge is 0.381 e. The molecule has 0 spiro atoms. The van der Waals surface area contributed by atoms with Crippen LogP contribution in [0.2, 0.25) is 0 Å². The van der Waals surface area contributed by atoms with Gasteiger partial charge in [0.05, 0.1) is 12.2 Å². The minimum absolute atomic E-state index is 0.459. The summed E-state index contributed by atoms with van der Waals surface area (Å²) < 4.78 is 43.0. The quantitative estimate of drug-likeness (QED) is 0.909. The number of nitrogens with one attached hydrogen (secondary N) is 1. The molecule has 2 nitrogen and oxygen atoms in total. The minimum atomic E-state index is -4.27. The van der Waals surface area contributed by atoms with Gasteiger partial charge in [-0.05, 0) is 30.4 Å². The first-order valence-corrected chi connectivity index (χ1v) is 6.50. The molecule has 2 rings (SSSR count). The van der Waals surface area contributed by atoms with E-state index in [4.69, 9.17) is 4.74 Å². The van der Waals surface area contributed by atoms with Crippen molar-refractivity contribution in [2.45, 2.75) is 25.6 Å². The van der Waals surface area contributed by atoms with E-state index in [0.29, 0.717) is 18.0 Å². The van der Waals surface area contributed by atoms with Gasteiger partial charge in [-0.1, -0.05) is 18.2 Å². The van der Waals surface area contributed by atoms with Crippen LogP contribution in [0.3, 0.4) is 0 Å². The molecule has 1 fully saturated rings. The van der Waals surface area contributed by atoms with E-state index in [1.165, 1.54) is 12.1 Å². The predicted octanol–water partition coefficient (Wildman–Crippen LogP) is 3.22. The SMILES string of the molecule is FC(F)(F)c1cccc(CNCC2CCCOC2)c1. The second kappa shape index (κ2) is 6.39. The van der Waals surface area contributed by atoms with E-state index >= 15 is 0 Å². The topological polar surface area (TPSA) is 21.3 Å². The van der Waals surface area contributed by atoms with E-state index in [-0.39, 0.29) is 0 Å². The molecule has 1 aliphatic rings. The van der Waals surface area contributed by atoms with E-state index < -0.39 is 11.7 Å². The molecule has 1 heterocycles. The molecule has 0 aromatic heterocycles. The van der Waals surface area contributed by atoms with E-state index in [9.17, 15) is 13.2 Å². The number of hydrogen-bond acceptors (Lipinski definition) is 2. The largest absolute Gasteiger partial charge is 0.416 e. The molecule has 1 aromatic rings. The summed E-state index contributed by atoms with van der Waals surface area (Å²) in [4.78, 5) is 0. The first kappa shape index (κ1) is 14.3. The maximum Gasteiger partial charge on any atom is 0.416 e. The van der Waals surface area contributed by atoms with Gasteiger partial charge in [0.25, 0.3) is 0 Å². The fourth-order valence-corrected chi connectivity index (χ4v) is 2.25. The van der Waals surface area contributed by atoms with Crippen LogP contribution in [0.1, 0.15) is 24.0 Å². The van der Waals surface area contributed by atoms with Crippen molar-refractivity contribution in [1.29, 1.82) is 0 Å². The Labute approximate surface area is 111 Å². The molecule has 0 radical (unpaired) electrons. The van der Waals surface area contributed by atoms with Crippen LogP contribution in [-0.2, 0) is 17.5 Å². The van der Waals surface area contributed by atoms with Gasteiger partial charge in [0.15, 0.2) is 0 Å². The first-order valence-electron chi connectivity index (χ1n) is 6.50. The lowest BCUT2D eigenvalue weighted by Gasteiger charge is -2.22. The van der Waals surface area contributed by atoms with Gasteiger partial charge in [-0.15, -0.1) is 0 Å². The maximum atomic E-state index is 12.5. The van der Waals surface area contributed by atoms with Crippen molar-refractivity contribution < 1.29 is 17.9 Å². The standard InChI is InChI=1S/C14H18F3NO/c15-14(16,17)13-5-1-3-11(7-13)8-18-9-12-4-2-6-19-10-12/h1,3,5,7,12,18H,2,4,6,8-10H2. The third kappa shape index (κ3) is 4.51. The van der Waals surface area contributed by atoms with Crippen LogP contribution in [0.5, 0.6) is 0 Å². The monoisotopic (exact) mass is 273 g/mol. The summed E-state index contributed by atoms with van der Waals surface area (Å²) in [6.45, 7) is 2.82. The number of rotatable bonds is 4. The van der Waals surface area contributed by atoms with Crippen molar-refractivity contribution in [2.75, 3.05) is 19.8 Å². The molecule has 0 aliphatic carbocycles. The van der Waals surface area contributed by atoms with Gasteiger partial charge in [0.2, 0.25) is 0 Å². The highest BCUT2D eigenvalue weighted by atomic mass is 19.4. The predicted molar refractivity (Wildman–Crippen MR) is 66.7 cm³/mol. The van der Waals surface area contributed by atoms with E-state index in [1.807, 2.05) is 0 Å². The normalized spacial score (nSPS) is 20.5. The van der Waals surface area contributed by atoms with Gasteiger partial charge in [-0.25, -0.2) is 0 Å². The molecule has 1 aliphatic heterocycles. The molecular formula is C14H18F3NO. The number of hydrogen-bond donors (Lipinski definition) is 1. The molecule has 0 amide bonds. The number of halogens is 3. The number of ether oxygens (including phenoxy) is 1. The maximum absolute atomic E-state index is 12.5. The summed E-state index contributed by atoms with van der Waals surface area (Å²) in [6, 6.07) is 5.45. The van der Waals surface area contributed by atoms with Gasteiger partial charge in [0, 0.05) is 19.7 Å². The first-order chi connectivity index (χ1) is 9.05. The number of benzene rings is 1. The van der Waals surface area contributed by atoms with E-state index in [2.05, 4.69) is 5.32 Å². The third-order valence-electron chi connectivity index (χ3n) is 3.27. The Morgan fingerprint density at radius 2 is 2.16 bits per heavy atom. The molecule has 1 unspecified atom stereocenters. The van der Waals surface area contributed by atoms with E-state index in [0.717, 1.165) is 38.7 Å². The van der Waals surface area contributed by atoms with Crippen LogP contribution < -0.4 is 5.32 Å². The lowest BCUT2D eigenvalue weighted by Crippen LogP contribution is -2.28. The average Bonchev–Trinajstić information content (AvgIpc) is 2.39. The van der Waals surface area contributed by atoms with Crippen LogP contribution in [-0.4, -0.2) is 19.8 Å². The van der Waals surface area contributed by atoms with Crippen LogP contribution >= 0.6 is 0 Å². The summed E-state index contributed by atoms with van der Waals surface area (Å²) in [5.41, 5.74) is 0.0688. The summed E-state index contributed by atoms with van der Waals surface area (Å²) in [5, 5.41) is 3.20. The van der Waals surface area contributed by atoms with Crippen molar-refractivity contribution in [1.82, 2.24) is 5.32 Å². The summed E-state index contributed by atoms with van der Waals surface area (Å²) in [7, 11) is 0. The molecule has 0 bridgehead atoms. The Hall–Kier alpha value is -1.07. The molecule has 19 heavy (non-hydrogen) atoms. The second-order valence-electron chi connectivity index (χ2n) is 4.91. The zero-order valence-corrected chi connectivity index (χ0v) is 10.7. The molecule has 5 heteroatoms. The highest BCUT2D eigenvalue weighted by Crippen LogP contribution is 2.29. The van der Waals surface area contributed by atoms with Crippen LogP contribution in [0.15, 0.2) is 24.3 Å². The second-order valence-corrected chi connectivity index (χ2v) is 4.91. The summed E-state index contributed by atoms with van der Waals surface area (Å²) in [6.07, 6.45) is -2.08. The molecule has 1 atom stereocenters. The lowest BCUT2D eigenvalue weighted by atomic mass is 10.0. The minimum Gasteiger partial charge on any atom is -0.381 e. The van der Waals surface area contributed by atoms with E-state index in [1.54, 1.807) is 6.07 Å². The molecule has 0 saturated carbocycles. The van der Waals surface area contributed by atoms with Gasteiger partial charge in [0.1, 0.15) is 0 Å². The average molecular weight is 273 g/mol. The zero-order chi connectivity index (χ0) is 13.7. The van der Waals surface area contributed by atoms with Crippen molar-refractivity contribution in [3.05, 3.63) is 35.4 Å². The molecule has 1 saturated heterocycles. The molecule has 106 valence electrons. The summed E-state index contributed by atoms with van der Waals surface area (Å²) >= 11 is 0. The highest BCUT2D eigenvalue weighted by Gasteiger charge is 2.30. The molecule has 1 N–H and O–H groups in total. The van der Waals surface area contributed by atoms with Gasteiger partial charge < -0.3 is 10.1 Å². The Morgan fingerprint density at radius 3 is 2.84 bits per heavy atom. The van der Waals surface area contributed by atoms with Crippen molar-refractivity contribution in [2.24, 2.45) is 5.92 Å². The Kier molecular flexibility index (Phi) is 4.82. The van der Waals surface area contributed by atoms with Crippen LogP contribution in [0.25, 0.3) is 0 Å². The number of alkyl halides is 3. The highest BCUT2D eigenvalue weighted by molar-refractivity contribution is 5.25. The Morgan fingerprint density at radius 1 is 1.32 bits per heavy atom. The Bertz CT molecular complexity index is 400. The fraction of sp³-hybridized carbons (Fsp3) is 0.571. The van der Waals surface area contributed by atoms with Gasteiger partial charge >= 0.3 is 6.18 Å². The molecule has 1 aromatic carbocycles. The van der Waals surface area contributed by atoms with Crippen LogP contribution in [0, 0.1) is 5.92 Å². The van der Waals surface area contributed by atoms with Crippen molar-refractivity contribution in [3.63, 3.8) is 0 Å². The van der Waals surface area contributed by atoms with Crippen molar-refractivity contribution in [3.8, 4) is 0 Å². The van der Waals surface area contributed by atoms with Crippen molar-refractivity contribution >= 4 is 0 Å². The van der Waals surface area contributed by atoms with Crippen LogP contribution in [0.4, 0.5) is 13.2 Å². The lowest BCUT2D eigenvalue weighted by molar-refractivity contribution is -0.137. The zero-order valence-electron chi connectivity index (χ0n) is 10.7. The molecular weight excluding hydrogens is 255 g/mol. The van der Waals surface area contributed by atoms with Gasteiger partial charge in [-0.2, -0.15) is 13.2 Å².